The van der Waals surface area contributed by atoms with Crippen molar-refractivity contribution in [2.24, 2.45) is 0 Å². The van der Waals surface area contributed by atoms with E-state index >= 15 is 0 Å². The number of hydrogen-bond acceptors (Lipinski definition) is 4. The van der Waals surface area contributed by atoms with Crippen LogP contribution in [0.2, 0.25) is 0 Å². The fraction of sp³-hybridized carbons (Fsp3) is 0.0455. The number of H-pyrrole nitrogens is 1. The van der Waals surface area contributed by atoms with Gasteiger partial charge in [-0.15, -0.1) is 12.4 Å². The normalized spacial score (nSPS) is 10.8. The zero-order valence-electron chi connectivity index (χ0n) is 15.5. The van der Waals surface area contributed by atoms with E-state index in [9.17, 15) is 4.39 Å². The van der Waals surface area contributed by atoms with Gasteiger partial charge in [-0.3, -0.25) is 5.10 Å². The molecule has 0 aliphatic carbocycles. The van der Waals surface area contributed by atoms with E-state index in [2.05, 4.69) is 25.5 Å². The lowest BCUT2D eigenvalue weighted by molar-refractivity contribution is 0.639. The van der Waals surface area contributed by atoms with E-state index < -0.39 is 0 Å². The minimum atomic E-state index is -0.361. The number of fused-ring (bicyclic) bond motifs is 2. The molecule has 0 saturated heterocycles. The Morgan fingerprint density at radius 3 is 2.69 bits per heavy atom. The number of rotatable bonds is 3. The van der Waals surface area contributed by atoms with Crippen LogP contribution in [0.5, 0.6) is 0 Å². The second-order valence-corrected chi connectivity index (χ2v) is 6.70. The highest BCUT2D eigenvalue weighted by Crippen LogP contribution is 2.30. The Hall–Kier alpha value is -3.51. The topological polar surface area (TPSA) is 66.5 Å². The number of nitrogens with zero attached hydrogens (tertiary/aromatic N) is 3. The molecule has 2 N–H and O–H groups in total. The molecule has 2 aromatic heterocycles. The zero-order chi connectivity index (χ0) is 19.1. The second kappa shape index (κ2) is 7.48. The van der Waals surface area contributed by atoms with Gasteiger partial charge in [0.15, 0.2) is 5.82 Å². The Labute approximate surface area is 172 Å². The number of halogens is 2. The maximum Gasteiger partial charge on any atom is 0.162 e. The second-order valence-electron chi connectivity index (χ2n) is 6.70. The first-order valence-corrected chi connectivity index (χ1v) is 8.91. The highest BCUT2D eigenvalue weighted by molar-refractivity contribution is 5.93. The molecule has 0 radical (unpaired) electrons. The predicted molar refractivity (Wildman–Crippen MR) is 116 cm³/mol. The average Bonchev–Trinajstić information content (AvgIpc) is 3.16. The third-order valence-electron chi connectivity index (χ3n) is 4.65. The Morgan fingerprint density at radius 1 is 0.966 bits per heavy atom. The summed E-state index contributed by atoms with van der Waals surface area (Å²) in [5.41, 5.74) is 4.29. The fourth-order valence-electron chi connectivity index (χ4n) is 3.30. The van der Waals surface area contributed by atoms with Crippen LogP contribution in [-0.2, 0) is 0 Å². The van der Waals surface area contributed by atoms with Crippen LogP contribution in [0.15, 0.2) is 66.9 Å². The summed E-state index contributed by atoms with van der Waals surface area (Å²) in [4.78, 5) is 9.24. The largest absolute Gasteiger partial charge is 0.339 e. The highest BCUT2D eigenvalue weighted by Gasteiger charge is 2.14. The van der Waals surface area contributed by atoms with E-state index in [0.29, 0.717) is 22.5 Å². The third kappa shape index (κ3) is 3.50. The van der Waals surface area contributed by atoms with Gasteiger partial charge in [-0.2, -0.15) is 5.10 Å². The molecule has 29 heavy (non-hydrogen) atoms. The molecule has 2 heterocycles. The quantitative estimate of drug-likeness (QED) is 0.399. The Balaban J connectivity index is 0.00000205. The standard InChI is InChI=1S/C22H16FN5.ClH/c1-13-4-2-5-14(10-13)21-26-19-7-3-6-17(23)20(19)22(27-21)25-16-8-9-18-15(11-16)12-24-28-18;/h2-12H,1H3,(H,24,28)(H,25,26,27);1H. The summed E-state index contributed by atoms with van der Waals surface area (Å²) >= 11 is 0. The van der Waals surface area contributed by atoms with Crippen molar-refractivity contribution in [2.75, 3.05) is 5.32 Å². The summed E-state index contributed by atoms with van der Waals surface area (Å²) in [6.45, 7) is 2.02. The number of aromatic amines is 1. The van der Waals surface area contributed by atoms with Crippen LogP contribution in [0.3, 0.4) is 0 Å². The van der Waals surface area contributed by atoms with E-state index in [4.69, 9.17) is 0 Å². The van der Waals surface area contributed by atoms with Crippen LogP contribution in [-0.4, -0.2) is 20.2 Å². The lowest BCUT2D eigenvalue weighted by Crippen LogP contribution is -2.01. The van der Waals surface area contributed by atoms with Gasteiger partial charge in [0.2, 0.25) is 0 Å². The van der Waals surface area contributed by atoms with Crippen LogP contribution in [0.4, 0.5) is 15.9 Å². The van der Waals surface area contributed by atoms with E-state index in [1.807, 2.05) is 49.4 Å². The summed E-state index contributed by atoms with van der Waals surface area (Å²) in [5, 5.41) is 11.5. The van der Waals surface area contributed by atoms with Crippen LogP contribution in [0, 0.1) is 12.7 Å². The van der Waals surface area contributed by atoms with Gasteiger partial charge in [-0.05, 0) is 43.3 Å². The maximum atomic E-state index is 14.6. The fourth-order valence-corrected chi connectivity index (χ4v) is 3.30. The first kappa shape index (κ1) is 18.8. The summed E-state index contributed by atoms with van der Waals surface area (Å²) in [6.07, 6.45) is 1.75. The van der Waals surface area contributed by atoms with Crippen molar-refractivity contribution >= 4 is 45.7 Å². The van der Waals surface area contributed by atoms with Gasteiger partial charge in [0, 0.05) is 16.6 Å². The molecular formula is C22H17ClFN5. The van der Waals surface area contributed by atoms with Crippen LogP contribution < -0.4 is 5.32 Å². The number of hydrogen-bond donors (Lipinski definition) is 2. The van der Waals surface area contributed by atoms with Gasteiger partial charge in [0.25, 0.3) is 0 Å². The lowest BCUT2D eigenvalue weighted by atomic mass is 10.1. The number of anilines is 2. The van der Waals surface area contributed by atoms with Gasteiger partial charge in [-0.1, -0.05) is 29.8 Å². The van der Waals surface area contributed by atoms with Crippen molar-refractivity contribution < 1.29 is 4.39 Å². The summed E-state index contributed by atoms with van der Waals surface area (Å²) in [7, 11) is 0. The van der Waals surface area contributed by atoms with Crippen molar-refractivity contribution in [3.63, 3.8) is 0 Å². The summed E-state index contributed by atoms with van der Waals surface area (Å²) < 4.78 is 14.6. The molecule has 3 aromatic carbocycles. The maximum absolute atomic E-state index is 14.6. The molecule has 7 heteroatoms. The van der Waals surface area contributed by atoms with Crippen LogP contribution >= 0.6 is 12.4 Å². The van der Waals surface area contributed by atoms with Crippen molar-refractivity contribution in [3.05, 3.63) is 78.2 Å². The van der Waals surface area contributed by atoms with Crippen molar-refractivity contribution in [2.45, 2.75) is 6.92 Å². The molecule has 5 rings (SSSR count). The predicted octanol–water partition coefficient (Wildman–Crippen LogP) is 5.79. The van der Waals surface area contributed by atoms with E-state index in [1.54, 1.807) is 18.3 Å². The summed E-state index contributed by atoms with van der Waals surface area (Å²) in [6, 6.07) is 18.6. The molecule has 0 amide bonds. The molecular weight excluding hydrogens is 389 g/mol. The lowest BCUT2D eigenvalue weighted by Gasteiger charge is -2.12. The minimum Gasteiger partial charge on any atom is -0.339 e. The van der Waals surface area contributed by atoms with E-state index in [0.717, 1.165) is 27.7 Å². The SMILES string of the molecule is Cc1cccc(-c2nc(Nc3ccc4[nH]ncc4c3)c3c(F)cccc3n2)c1.Cl. The Morgan fingerprint density at radius 2 is 1.83 bits per heavy atom. The van der Waals surface area contributed by atoms with E-state index in [1.165, 1.54) is 6.07 Å². The Bertz CT molecular complexity index is 1330. The monoisotopic (exact) mass is 405 g/mol. The molecule has 0 fully saturated rings. The smallest absolute Gasteiger partial charge is 0.162 e. The van der Waals surface area contributed by atoms with Gasteiger partial charge in [-0.25, -0.2) is 14.4 Å². The number of aromatic nitrogens is 4. The van der Waals surface area contributed by atoms with Crippen LogP contribution in [0.25, 0.3) is 33.2 Å². The minimum absolute atomic E-state index is 0. The molecule has 0 unspecified atom stereocenters. The molecule has 0 aliphatic rings. The molecule has 144 valence electrons. The highest BCUT2D eigenvalue weighted by atomic mass is 35.5. The molecule has 0 atom stereocenters. The molecule has 0 bridgehead atoms. The van der Waals surface area contributed by atoms with Crippen LogP contribution in [0.1, 0.15) is 5.56 Å². The van der Waals surface area contributed by atoms with Gasteiger partial charge >= 0.3 is 0 Å². The Kier molecular flexibility index (Phi) is 4.86. The molecule has 0 saturated carbocycles. The van der Waals surface area contributed by atoms with Gasteiger partial charge < -0.3 is 5.32 Å². The molecule has 0 aliphatic heterocycles. The third-order valence-corrected chi connectivity index (χ3v) is 4.65. The molecule has 0 spiro atoms. The van der Waals surface area contributed by atoms with Gasteiger partial charge in [0.1, 0.15) is 11.6 Å². The van der Waals surface area contributed by atoms with Crippen molar-refractivity contribution in [3.8, 4) is 11.4 Å². The average molecular weight is 406 g/mol. The number of nitrogens with one attached hydrogen (secondary N) is 2. The zero-order valence-corrected chi connectivity index (χ0v) is 16.3. The first-order valence-electron chi connectivity index (χ1n) is 8.91. The first-order chi connectivity index (χ1) is 13.7. The molecule has 5 aromatic rings. The van der Waals surface area contributed by atoms with Crippen molar-refractivity contribution in [1.82, 2.24) is 20.2 Å². The number of aryl methyl sites for hydroxylation is 1. The summed E-state index contributed by atoms with van der Waals surface area (Å²) in [5.74, 6) is 0.622. The van der Waals surface area contributed by atoms with E-state index in [-0.39, 0.29) is 18.2 Å². The molecule has 5 nitrogen and oxygen atoms in total. The number of benzene rings is 3. The van der Waals surface area contributed by atoms with Gasteiger partial charge in [0.05, 0.1) is 22.6 Å². The van der Waals surface area contributed by atoms with Crippen molar-refractivity contribution in [1.29, 1.82) is 0 Å².